The van der Waals surface area contributed by atoms with Crippen LogP contribution in [0.15, 0.2) is 0 Å². The van der Waals surface area contributed by atoms with Gasteiger partial charge in [0.25, 0.3) is 0 Å². The molecule has 0 aromatic heterocycles. The van der Waals surface area contributed by atoms with Crippen molar-refractivity contribution in [3.63, 3.8) is 0 Å². The van der Waals surface area contributed by atoms with E-state index in [9.17, 15) is 8.42 Å². The first kappa shape index (κ1) is 14.0. The third-order valence-electron chi connectivity index (χ3n) is 3.46. The summed E-state index contributed by atoms with van der Waals surface area (Å²) < 4.78 is 22.4. The Hall–Kier alpha value is -0.0900. The topological polar surface area (TPSA) is 46.2 Å². The van der Waals surface area contributed by atoms with Gasteiger partial charge in [0.15, 0.2) is 0 Å². The molecular weight excluding hydrogens is 222 g/mol. The van der Waals surface area contributed by atoms with E-state index in [-0.39, 0.29) is 0 Å². The minimum absolute atomic E-state index is 0.311. The van der Waals surface area contributed by atoms with Gasteiger partial charge in [-0.3, -0.25) is 0 Å². The van der Waals surface area contributed by atoms with Crippen LogP contribution in [-0.4, -0.2) is 33.0 Å². The molecule has 2 unspecified atom stereocenters. The molecule has 0 amide bonds. The third-order valence-corrected chi connectivity index (χ3v) is 4.43. The lowest BCUT2D eigenvalue weighted by Gasteiger charge is -2.25. The lowest BCUT2D eigenvalue weighted by Crippen LogP contribution is -2.38. The summed E-state index contributed by atoms with van der Waals surface area (Å²) in [6, 6.07) is 0.377. The molecule has 2 atom stereocenters. The molecular formula is C12H25NO2S. The fourth-order valence-electron chi connectivity index (χ4n) is 2.17. The van der Waals surface area contributed by atoms with Crippen molar-refractivity contribution in [2.24, 2.45) is 11.8 Å². The van der Waals surface area contributed by atoms with Crippen LogP contribution in [-0.2, 0) is 9.84 Å². The number of sulfone groups is 1. The zero-order chi connectivity index (χ0) is 12.2. The van der Waals surface area contributed by atoms with Crippen molar-refractivity contribution in [1.29, 1.82) is 0 Å². The second-order valence-corrected chi connectivity index (χ2v) is 7.44. The molecule has 4 heteroatoms. The van der Waals surface area contributed by atoms with Crippen molar-refractivity contribution < 1.29 is 8.42 Å². The summed E-state index contributed by atoms with van der Waals surface area (Å²) in [5.74, 6) is 1.76. The van der Waals surface area contributed by atoms with Crippen molar-refractivity contribution in [3.8, 4) is 0 Å². The van der Waals surface area contributed by atoms with Crippen LogP contribution in [0, 0.1) is 11.8 Å². The fourth-order valence-corrected chi connectivity index (χ4v) is 2.85. The largest absolute Gasteiger partial charge is 0.314 e. The van der Waals surface area contributed by atoms with E-state index >= 15 is 0 Å². The highest BCUT2D eigenvalue weighted by molar-refractivity contribution is 7.90. The smallest absolute Gasteiger partial charge is 0.147 e. The monoisotopic (exact) mass is 247 g/mol. The summed E-state index contributed by atoms with van der Waals surface area (Å²) in [6.07, 6.45) is 5.84. The van der Waals surface area contributed by atoms with Gasteiger partial charge in [-0.25, -0.2) is 8.42 Å². The summed E-state index contributed by atoms with van der Waals surface area (Å²) in [5, 5.41) is 3.50. The molecule has 3 nitrogen and oxygen atoms in total. The molecule has 0 bridgehead atoms. The predicted octanol–water partition coefficient (Wildman–Crippen LogP) is 1.84. The minimum atomic E-state index is -2.82. The average Bonchev–Trinajstić information content (AvgIpc) is 2.98. The molecule has 0 heterocycles. The average molecular weight is 247 g/mol. The maximum Gasteiger partial charge on any atom is 0.147 e. The van der Waals surface area contributed by atoms with Crippen LogP contribution in [0.1, 0.15) is 39.5 Å². The Balaban J connectivity index is 2.42. The zero-order valence-electron chi connectivity index (χ0n) is 10.7. The van der Waals surface area contributed by atoms with Crippen molar-refractivity contribution in [3.05, 3.63) is 0 Å². The molecule has 1 fully saturated rings. The maximum atomic E-state index is 11.2. The van der Waals surface area contributed by atoms with Crippen LogP contribution >= 0.6 is 0 Å². The molecule has 0 aromatic carbocycles. The molecule has 1 aliphatic carbocycles. The normalized spacial score (nSPS) is 20.7. The first-order valence-electron chi connectivity index (χ1n) is 6.35. The molecule has 1 saturated carbocycles. The van der Waals surface area contributed by atoms with Gasteiger partial charge < -0.3 is 5.32 Å². The Labute approximate surface area is 99.9 Å². The van der Waals surface area contributed by atoms with Crippen molar-refractivity contribution in [2.45, 2.75) is 45.6 Å². The van der Waals surface area contributed by atoms with Gasteiger partial charge >= 0.3 is 0 Å². The molecule has 0 radical (unpaired) electrons. The van der Waals surface area contributed by atoms with E-state index in [2.05, 4.69) is 19.2 Å². The van der Waals surface area contributed by atoms with E-state index in [0.717, 1.165) is 25.3 Å². The summed E-state index contributed by atoms with van der Waals surface area (Å²) in [7, 11) is -2.82. The van der Waals surface area contributed by atoms with E-state index in [1.165, 1.54) is 19.1 Å². The van der Waals surface area contributed by atoms with E-state index in [1.807, 2.05) is 0 Å². The Kier molecular flexibility index (Phi) is 5.25. The Morgan fingerprint density at radius 2 is 2.00 bits per heavy atom. The first-order valence-corrected chi connectivity index (χ1v) is 8.41. The first-order chi connectivity index (χ1) is 7.44. The number of rotatable bonds is 8. The molecule has 0 aromatic rings. The van der Waals surface area contributed by atoms with Gasteiger partial charge in [0.05, 0.1) is 5.75 Å². The van der Waals surface area contributed by atoms with Gasteiger partial charge in [0, 0.05) is 12.3 Å². The molecule has 96 valence electrons. The number of nitrogens with one attached hydrogen (secondary N) is 1. The standard InChI is InChI=1S/C12H25NO2S/c1-4-8-13-12(7-9-16(3,14)15)10(2)11-5-6-11/h10-13H,4-9H2,1-3H3. The maximum absolute atomic E-state index is 11.2. The highest BCUT2D eigenvalue weighted by Crippen LogP contribution is 2.38. The van der Waals surface area contributed by atoms with Gasteiger partial charge in [0.1, 0.15) is 9.84 Å². The van der Waals surface area contributed by atoms with Gasteiger partial charge in [-0.15, -0.1) is 0 Å². The SMILES string of the molecule is CCCNC(CCS(C)(=O)=O)C(C)C1CC1. The second-order valence-electron chi connectivity index (χ2n) is 5.18. The molecule has 1 aliphatic rings. The van der Waals surface area contributed by atoms with E-state index in [4.69, 9.17) is 0 Å². The molecule has 0 saturated heterocycles. The Bertz CT molecular complexity index is 296. The second kappa shape index (κ2) is 6.01. The Morgan fingerprint density at radius 3 is 2.44 bits per heavy atom. The summed E-state index contributed by atoms with van der Waals surface area (Å²) in [6.45, 7) is 5.39. The summed E-state index contributed by atoms with van der Waals surface area (Å²) in [4.78, 5) is 0. The van der Waals surface area contributed by atoms with Gasteiger partial charge in [-0.05, 0) is 44.1 Å². The van der Waals surface area contributed by atoms with Gasteiger partial charge in [-0.2, -0.15) is 0 Å². The summed E-state index contributed by atoms with van der Waals surface area (Å²) >= 11 is 0. The van der Waals surface area contributed by atoms with E-state index in [1.54, 1.807) is 0 Å². The lowest BCUT2D eigenvalue weighted by atomic mass is 9.94. The third kappa shape index (κ3) is 5.30. The molecule has 0 aliphatic heterocycles. The van der Waals surface area contributed by atoms with Gasteiger partial charge in [-0.1, -0.05) is 13.8 Å². The van der Waals surface area contributed by atoms with Crippen LogP contribution < -0.4 is 5.32 Å². The van der Waals surface area contributed by atoms with Crippen LogP contribution in [0.5, 0.6) is 0 Å². The predicted molar refractivity (Wildman–Crippen MR) is 68.3 cm³/mol. The van der Waals surface area contributed by atoms with Crippen LogP contribution in [0.4, 0.5) is 0 Å². The molecule has 1 rings (SSSR count). The van der Waals surface area contributed by atoms with Crippen molar-refractivity contribution >= 4 is 9.84 Å². The highest BCUT2D eigenvalue weighted by atomic mass is 32.2. The Morgan fingerprint density at radius 1 is 1.38 bits per heavy atom. The number of hydrogen-bond donors (Lipinski definition) is 1. The quantitative estimate of drug-likeness (QED) is 0.712. The molecule has 16 heavy (non-hydrogen) atoms. The highest BCUT2D eigenvalue weighted by Gasteiger charge is 2.33. The van der Waals surface area contributed by atoms with Gasteiger partial charge in [0.2, 0.25) is 0 Å². The lowest BCUT2D eigenvalue weighted by molar-refractivity contribution is 0.334. The zero-order valence-corrected chi connectivity index (χ0v) is 11.5. The van der Waals surface area contributed by atoms with E-state index in [0.29, 0.717) is 17.7 Å². The van der Waals surface area contributed by atoms with Crippen LogP contribution in [0.3, 0.4) is 0 Å². The molecule has 1 N–H and O–H groups in total. The number of hydrogen-bond acceptors (Lipinski definition) is 3. The summed E-state index contributed by atoms with van der Waals surface area (Å²) in [5.41, 5.74) is 0. The molecule has 0 spiro atoms. The van der Waals surface area contributed by atoms with Crippen molar-refractivity contribution in [1.82, 2.24) is 5.32 Å². The van der Waals surface area contributed by atoms with Crippen LogP contribution in [0.2, 0.25) is 0 Å². The van der Waals surface area contributed by atoms with Crippen molar-refractivity contribution in [2.75, 3.05) is 18.6 Å². The minimum Gasteiger partial charge on any atom is -0.314 e. The fraction of sp³-hybridized carbons (Fsp3) is 1.00. The van der Waals surface area contributed by atoms with Crippen LogP contribution in [0.25, 0.3) is 0 Å². The van der Waals surface area contributed by atoms with E-state index < -0.39 is 9.84 Å².